The van der Waals surface area contributed by atoms with Crippen LogP contribution >= 0.6 is 15.9 Å². The Morgan fingerprint density at radius 1 is 1.36 bits per heavy atom. The fourth-order valence-corrected chi connectivity index (χ4v) is 2.92. The van der Waals surface area contributed by atoms with E-state index in [0.717, 1.165) is 0 Å². The van der Waals surface area contributed by atoms with Gasteiger partial charge in [0, 0.05) is 17.7 Å². The molecule has 0 aliphatic carbocycles. The lowest BCUT2D eigenvalue weighted by Gasteiger charge is -2.16. The third kappa shape index (κ3) is 3.25. The predicted molar refractivity (Wildman–Crippen MR) is 95.8 cm³/mol. The van der Waals surface area contributed by atoms with Crippen molar-refractivity contribution in [3.05, 3.63) is 57.2 Å². The number of likely N-dealkylation sites (N-methyl/N-ethyl adjacent to an activating group) is 1. The highest BCUT2D eigenvalue weighted by Gasteiger charge is 2.20. The van der Waals surface area contributed by atoms with Crippen molar-refractivity contribution in [1.29, 1.82) is 0 Å². The summed E-state index contributed by atoms with van der Waals surface area (Å²) in [5.41, 5.74) is 1.46. The number of fused-ring (bicyclic) bond motifs is 1. The topological polar surface area (TPSA) is 85.4 Å². The van der Waals surface area contributed by atoms with E-state index in [1.807, 2.05) is 0 Å². The molecule has 0 saturated heterocycles. The maximum atomic E-state index is 12.5. The van der Waals surface area contributed by atoms with Crippen molar-refractivity contribution in [3.63, 3.8) is 0 Å². The summed E-state index contributed by atoms with van der Waals surface area (Å²) in [4.78, 5) is 41.9. The standard InChI is InChI=1S/C17H14BrN3O4/c1-10(22)13-6-11(18)7-14-16(13)25-17(24)21(14)9-15(23)20(2)12-4-3-5-19-8-12/h3-8H,9H2,1-2H3. The number of amides is 1. The molecular formula is C17H14BrN3O4. The minimum Gasteiger partial charge on any atom is -0.407 e. The number of carbonyl (C=O) groups is 2. The van der Waals surface area contributed by atoms with Gasteiger partial charge in [-0.3, -0.25) is 19.1 Å². The molecule has 2 aromatic heterocycles. The van der Waals surface area contributed by atoms with Gasteiger partial charge in [-0.25, -0.2) is 4.79 Å². The van der Waals surface area contributed by atoms with Gasteiger partial charge in [0.15, 0.2) is 11.4 Å². The van der Waals surface area contributed by atoms with Gasteiger partial charge in [-0.2, -0.15) is 0 Å². The second-order valence-electron chi connectivity index (χ2n) is 5.48. The molecular weight excluding hydrogens is 390 g/mol. The Hall–Kier alpha value is -2.74. The first-order valence-corrected chi connectivity index (χ1v) is 8.18. The lowest BCUT2D eigenvalue weighted by atomic mass is 10.1. The number of carbonyl (C=O) groups excluding carboxylic acids is 2. The molecule has 0 spiro atoms. The highest BCUT2D eigenvalue weighted by molar-refractivity contribution is 9.10. The van der Waals surface area contributed by atoms with Crippen molar-refractivity contribution < 1.29 is 14.0 Å². The average Bonchev–Trinajstić information content (AvgIpc) is 2.89. The van der Waals surface area contributed by atoms with E-state index in [-0.39, 0.29) is 29.4 Å². The van der Waals surface area contributed by atoms with Crippen LogP contribution in [0.4, 0.5) is 5.69 Å². The number of halogens is 1. The Labute approximate surface area is 151 Å². The van der Waals surface area contributed by atoms with Gasteiger partial charge in [0.2, 0.25) is 5.91 Å². The van der Waals surface area contributed by atoms with E-state index in [0.29, 0.717) is 15.7 Å². The van der Waals surface area contributed by atoms with Crippen molar-refractivity contribution >= 4 is 44.4 Å². The Bertz CT molecular complexity index is 1020. The molecule has 2 heterocycles. The van der Waals surface area contributed by atoms with Gasteiger partial charge in [0.25, 0.3) is 0 Å². The molecule has 7 nitrogen and oxygen atoms in total. The first-order chi connectivity index (χ1) is 11.9. The largest absolute Gasteiger partial charge is 0.420 e. The van der Waals surface area contributed by atoms with Crippen LogP contribution in [-0.2, 0) is 11.3 Å². The van der Waals surface area contributed by atoms with Crippen LogP contribution in [-0.4, -0.2) is 28.3 Å². The van der Waals surface area contributed by atoms with Crippen molar-refractivity contribution in [2.45, 2.75) is 13.5 Å². The molecule has 3 aromatic rings. The first kappa shape index (κ1) is 17.1. The summed E-state index contributed by atoms with van der Waals surface area (Å²) in [5, 5.41) is 0. The maximum Gasteiger partial charge on any atom is 0.420 e. The second kappa shape index (κ2) is 6.64. The zero-order valence-electron chi connectivity index (χ0n) is 13.5. The van der Waals surface area contributed by atoms with E-state index >= 15 is 0 Å². The van der Waals surface area contributed by atoms with Crippen LogP contribution in [0, 0.1) is 0 Å². The number of anilines is 1. The molecule has 1 amide bonds. The molecule has 0 radical (unpaired) electrons. The van der Waals surface area contributed by atoms with Crippen LogP contribution in [0.15, 0.2) is 50.3 Å². The molecule has 0 bridgehead atoms. The molecule has 0 atom stereocenters. The number of hydrogen-bond donors (Lipinski definition) is 0. The first-order valence-electron chi connectivity index (χ1n) is 7.39. The molecule has 128 valence electrons. The van der Waals surface area contributed by atoms with Crippen LogP contribution in [0.2, 0.25) is 0 Å². The van der Waals surface area contributed by atoms with Gasteiger partial charge in [-0.1, -0.05) is 15.9 Å². The molecule has 0 fully saturated rings. The highest BCUT2D eigenvalue weighted by atomic mass is 79.9. The zero-order valence-corrected chi connectivity index (χ0v) is 15.1. The van der Waals surface area contributed by atoms with E-state index < -0.39 is 5.76 Å². The maximum absolute atomic E-state index is 12.5. The van der Waals surface area contributed by atoms with Gasteiger partial charge in [0.05, 0.1) is 23.0 Å². The SMILES string of the molecule is CC(=O)c1cc(Br)cc2c1oc(=O)n2CC(=O)N(C)c1cccnc1. The highest BCUT2D eigenvalue weighted by Crippen LogP contribution is 2.24. The number of nitrogens with zero attached hydrogens (tertiary/aromatic N) is 3. The average molecular weight is 404 g/mol. The number of rotatable bonds is 4. The number of oxazole rings is 1. The summed E-state index contributed by atoms with van der Waals surface area (Å²) < 4.78 is 7.04. The summed E-state index contributed by atoms with van der Waals surface area (Å²) >= 11 is 3.31. The van der Waals surface area contributed by atoms with Gasteiger partial charge >= 0.3 is 5.76 Å². The third-order valence-electron chi connectivity index (χ3n) is 3.81. The summed E-state index contributed by atoms with van der Waals surface area (Å²) in [6.07, 6.45) is 3.16. The van der Waals surface area contributed by atoms with Crippen LogP contribution < -0.4 is 10.7 Å². The third-order valence-corrected chi connectivity index (χ3v) is 4.27. The van der Waals surface area contributed by atoms with Gasteiger partial charge in [0.1, 0.15) is 6.54 Å². The van der Waals surface area contributed by atoms with E-state index in [2.05, 4.69) is 20.9 Å². The summed E-state index contributed by atoms with van der Waals surface area (Å²) in [6.45, 7) is 1.17. The molecule has 1 aromatic carbocycles. The van der Waals surface area contributed by atoms with E-state index in [9.17, 15) is 14.4 Å². The predicted octanol–water partition coefficient (Wildman–Crippen LogP) is 2.62. The molecule has 3 rings (SSSR count). The summed E-state index contributed by atoms with van der Waals surface area (Å²) in [5.74, 6) is -1.24. The van der Waals surface area contributed by atoms with Gasteiger partial charge < -0.3 is 9.32 Å². The smallest absolute Gasteiger partial charge is 0.407 e. The summed E-state index contributed by atoms with van der Waals surface area (Å²) in [6, 6.07) is 6.69. The summed E-state index contributed by atoms with van der Waals surface area (Å²) in [7, 11) is 1.60. The molecule has 0 unspecified atom stereocenters. The number of benzene rings is 1. The number of ketones is 1. The lowest BCUT2D eigenvalue weighted by Crippen LogP contribution is -2.32. The molecule has 25 heavy (non-hydrogen) atoms. The van der Waals surface area contributed by atoms with Crippen molar-refractivity contribution in [2.24, 2.45) is 0 Å². The number of aromatic nitrogens is 2. The van der Waals surface area contributed by atoms with Crippen LogP contribution in [0.5, 0.6) is 0 Å². The van der Waals surface area contributed by atoms with Crippen LogP contribution in [0.3, 0.4) is 0 Å². The number of Topliss-reactive ketones (excluding diaryl/α,β-unsaturated/α-hetero) is 1. The molecule has 0 saturated carbocycles. The lowest BCUT2D eigenvalue weighted by molar-refractivity contribution is -0.118. The van der Waals surface area contributed by atoms with E-state index in [1.165, 1.54) is 16.4 Å². The molecule has 0 aliphatic rings. The van der Waals surface area contributed by atoms with Crippen molar-refractivity contribution in [1.82, 2.24) is 9.55 Å². The van der Waals surface area contributed by atoms with E-state index in [4.69, 9.17) is 4.42 Å². The number of pyridine rings is 1. The Kier molecular flexibility index (Phi) is 4.54. The minimum atomic E-state index is -0.691. The van der Waals surface area contributed by atoms with Crippen molar-refractivity contribution in [2.75, 3.05) is 11.9 Å². The zero-order chi connectivity index (χ0) is 18.1. The van der Waals surface area contributed by atoms with Gasteiger partial charge in [-0.15, -0.1) is 0 Å². The fourth-order valence-electron chi connectivity index (χ4n) is 2.48. The monoisotopic (exact) mass is 403 g/mol. The number of hydrogen-bond acceptors (Lipinski definition) is 5. The fraction of sp³-hybridized carbons (Fsp3) is 0.176. The van der Waals surface area contributed by atoms with Crippen molar-refractivity contribution in [3.8, 4) is 0 Å². The molecule has 8 heteroatoms. The Balaban J connectivity index is 2.02. The van der Waals surface area contributed by atoms with Gasteiger partial charge in [-0.05, 0) is 31.2 Å². The second-order valence-corrected chi connectivity index (χ2v) is 6.39. The Morgan fingerprint density at radius 3 is 2.76 bits per heavy atom. The van der Waals surface area contributed by atoms with E-state index in [1.54, 1.807) is 43.7 Å². The molecule has 0 N–H and O–H groups in total. The van der Waals surface area contributed by atoms with Crippen LogP contribution in [0.1, 0.15) is 17.3 Å². The quantitative estimate of drug-likeness (QED) is 0.625. The normalized spacial score (nSPS) is 10.8. The Morgan fingerprint density at radius 2 is 2.12 bits per heavy atom. The van der Waals surface area contributed by atoms with Crippen LogP contribution in [0.25, 0.3) is 11.1 Å². The minimum absolute atomic E-state index is 0.178. The molecule has 0 aliphatic heterocycles.